The molecule has 211 valence electrons. The third-order valence-electron chi connectivity index (χ3n) is 6.77. The molecule has 3 aromatic rings. The summed E-state index contributed by atoms with van der Waals surface area (Å²) >= 11 is 0. The molecule has 6 heteroatoms. The third kappa shape index (κ3) is 12.4. The summed E-state index contributed by atoms with van der Waals surface area (Å²) in [5, 5.41) is 2.90. The molecule has 1 N–H and O–H groups in total. The van der Waals surface area contributed by atoms with Crippen molar-refractivity contribution < 1.29 is 55.5 Å². The van der Waals surface area contributed by atoms with E-state index in [-0.39, 0.29) is 72.0 Å². The van der Waals surface area contributed by atoms with Crippen LogP contribution in [-0.2, 0) is 25.8 Å². The Kier molecular flexibility index (Phi) is 20.4. The van der Waals surface area contributed by atoms with E-state index in [0.29, 0.717) is 11.5 Å². The first-order valence-electron chi connectivity index (χ1n) is 13.1. The van der Waals surface area contributed by atoms with Gasteiger partial charge in [0.25, 0.3) is 0 Å². The van der Waals surface area contributed by atoms with Gasteiger partial charge in [-0.15, -0.1) is 6.92 Å². The first-order valence-corrected chi connectivity index (χ1v) is 14.3. The van der Waals surface area contributed by atoms with Gasteiger partial charge < -0.3 is 35.3 Å². The van der Waals surface area contributed by atoms with Crippen LogP contribution in [0.5, 0.6) is 0 Å². The predicted octanol–water partition coefficient (Wildman–Crippen LogP) is 1.93. The van der Waals surface area contributed by atoms with E-state index >= 15 is 0 Å². The Labute approximate surface area is 276 Å². The Hall–Kier alpha value is -1.72. The Bertz CT molecular complexity index is 1160. The number of amides is 1. The zero-order valence-corrected chi connectivity index (χ0v) is 31.2. The van der Waals surface area contributed by atoms with Gasteiger partial charge in [-0.2, -0.15) is 11.1 Å². The Balaban J connectivity index is 0. The maximum Gasteiger partial charge on any atom is 4.00 e. The molecule has 0 aromatic heterocycles. The van der Waals surface area contributed by atoms with E-state index in [2.05, 4.69) is 94.4 Å². The number of allylic oxidation sites excluding steroid dienone is 4. The fourth-order valence-corrected chi connectivity index (χ4v) is 5.48. The van der Waals surface area contributed by atoms with Crippen molar-refractivity contribution in [2.45, 2.75) is 67.2 Å². The number of halogens is 2. The standard InChI is InChI=1S/C13H19NO.C12H11Si.C9H13.2ClH.Hf/c1-8(2)10-6-5-7-11(9(3)4)12(10)13(14)15;1-3-7-11(8-4-1)13-12-9-5-2-6-10-12;1-6-5-7(2)9(4)8(6)3;;;/h5-9H,1-4H3,(H2,14,15);1-10,13H;6H,1-4H3;2*1H;/q;;-1;;;+4/p-3. The molecule has 1 aliphatic rings. The van der Waals surface area contributed by atoms with Crippen LogP contribution in [0.4, 0.5) is 0 Å². The molecule has 40 heavy (non-hydrogen) atoms. The normalized spacial score (nSPS) is 13.4. The number of nitrogens with one attached hydrogen (secondary N) is 1. The fourth-order valence-electron chi connectivity index (χ4n) is 4.27. The molecular formula is C34H42Cl2HfNOSi. The molecule has 0 fully saturated rings. The van der Waals surface area contributed by atoms with Crippen molar-refractivity contribution in [3.05, 3.63) is 124 Å². The molecule has 0 heterocycles. The van der Waals surface area contributed by atoms with Crippen molar-refractivity contribution in [1.29, 1.82) is 0 Å². The van der Waals surface area contributed by atoms with Gasteiger partial charge in [0.2, 0.25) is 0 Å². The first-order chi connectivity index (χ1) is 17.5. The maximum absolute atomic E-state index is 11.4. The van der Waals surface area contributed by atoms with E-state index in [4.69, 9.17) is 5.73 Å². The molecule has 0 aliphatic heterocycles. The fraction of sp³-hybridized carbons (Fsp3) is 0.324. The van der Waals surface area contributed by atoms with Crippen LogP contribution in [0.15, 0.2) is 95.6 Å². The zero-order chi connectivity index (χ0) is 27.5. The van der Waals surface area contributed by atoms with Gasteiger partial charge >= 0.3 is 25.8 Å². The minimum atomic E-state index is -0.567. The Morgan fingerprint density at radius 3 is 1.40 bits per heavy atom. The van der Waals surface area contributed by atoms with Gasteiger partial charge in [0.1, 0.15) is 9.52 Å². The van der Waals surface area contributed by atoms with Gasteiger partial charge in [0, 0.05) is 5.56 Å². The number of rotatable bonds is 5. The SMILES string of the molecule is CC(C)c1cccc(C(C)C)c1C([NH-])=O.CC1=[C-]C(C)C(C)=C1C.[Cl-].[Cl-].[Hf+4].c1ccc([SiH]c2ccccc2)cc1. The second-order valence-corrected chi connectivity index (χ2v) is 11.8. The van der Waals surface area contributed by atoms with E-state index in [0.717, 1.165) is 11.1 Å². The van der Waals surface area contributed by atoms with Crippen LogP contribution in [0.1, 0.15) is 88.7 Å². The second kappa shape index (κ2) is 20.2. The van der Waals surface area contributed by atoms with E-state index in [9.17, 15) is 4.79 Å². The molecule has 0 saturated heterocycles. The quantitative estimate of drug-likeness (QED) is 0.290. The van der Waals surface area contributed by atoms with Crippen molar-refractivity contribution in [2.75, 3.05) is 0 Å². The molecule has 1 radical (unpaired) electrons. The summed E-state index contributed by atoms with van der Waals surface area (Å²) in [6.45, 7) is 16.9. The molecule has 4 rings (SSSR count). The van der Waals surface area contributed by atoms with Gasteiger partial charge in [0.05, 0.1) is 5.91 Å². The van der Waals surface area contributed by atoms with Gasteiger partial charge in [0.15, 0.2) is 0 Å². The topological polar surface area (TPSA) is 40.9 Å². The molecule has 1 amide bonds. The van der Waals surface area contributed by atoms with Crippen LogP contribution in [0, 0.1) is 12.0 Å². The van der Waals surface area contributed by atoms with Gasteiger partial charge in [-0.3, -0.25) is 6.08 Å². The summed E-state index contributed by atoms with van der Waals surface area (Å²) in [5.41, 5.74) is 14.2. The van der Waals surface area contributed by atoms with Crippen molar-refractivity contribution in [2.24, 2.45) is 5.92 Å². The van der Waals surface area contributed by atoms with Crippen molar-refractivity contribution in [3.63, 3.8) is 0 Å². The van der Waals surface area contributed by atoms with E-state index in [1.807, 2.05) is 45.9 Å². The van der Waals surface area contributed by atoms with Crippen LogP contribution < -0.4 is 35.2 Å². The van der Waals surface area contributed by atoms with Crippen LogP contribution in [0.25, 0.3) is 5.73 Å². The van der Waals surface area contributed by atoms with Crippen molar-refractivity contribution in [1.82, 2.24) is 0 Å². The van der Waals surface area contributed by atoms with E-state index in [1.54, 1.807) is 0 Å². The van der Waals surface area contributed by atoms with E-state index < -0.39 is 5.91 Å². The van der Waals surface area contributed by atoms with Gasteiger partial charge in [-0.25, -0.2) is 5.57 Å². The average molecular weight is 758 g/mol. The van der Waals surface area contributed by atoms with Crippen LogP contribution in [0.2, 0.25) is 0 Å². The largest absolute Gasteiger partial charge is 4.00 e. The molecule has 0 saturated carbocycles. The summed E-state index contributed by atoms with van der Waals surface area (Å²) in [5.74, 6) is 0.564. The van der Waals surface area contributed by atoms with Gasteiger partial charge in [-0.05, 0) is 23.0 Å². The smallest absolute Gasteiger partial charge is 1.00 e. The average Bonchev–Trinajstić information content (AvgIpc) is 3.10. The maximum atomic E-state index is 11.4. The second-order valence-electron chi connectivity index (χ2n) is 10.2. The monoisotopic (exact) mass is 758 g/mol. The van der Waals surface area contributed by atoms with Crippen LogP contribution in [-0.4, -0.2) is 15.4 Å². The molecule has 3 aromatic carbocycles. The zero-order valence-electron chi connectivity index (χ0n) is 25.0. The molecule has 0 bridgehead atoms. The summed E-state index contributed by atoms with van der Waals surface area (Å²) in [4.78, 5) is 11.4. The first kappa shape index (κ1) is 40.4. The van der Waals surface area contributed by atoms with Crippen LogP contribution >= 0.6 is 0 Å². The summed E-state index contributed by atoms with van der Waals surface area (Å²) < 4.78 is 0. The minimum Gasteiger partial charge on any atom is -1.00 e. The van der Waals surface area contributed by atoms with Crippen molar-refractivity contribution in [3.8, 4) is 0 Å². The number of carbonyl (C=O) groups excluding carboxylic acids is 1. The molecule has 1 atom stereocenters. The number of hydrogen-bond donors (Lipinski definition) is 0. The van der Waals surface area contributed by atoms with E-state index in [1.165, 1.54) is 27.1 Å². The Morgan fingerprint density at radius 1 is 0.750 bits per heavy atom. The predicted molar refractivity (Wildman–Crippen MR) is 163 cm³/mol. The number of benzene rings is 3. The van der Waals surface area contributed by atoms with Crippen LogP contribution in [0.3, 0.4) is 0 Å². The Morgan fingerprint density at radius 2 is 1.15 bits per heavy atom. The number of carbonyl (C=O) groups is 1. The number of hydrogen-bond acceptors (Lipinski definition) is 1. The summed E-state index contributed by atoms with van der Waals surface area (Å²) in [6, 6.07) is 27.2. The molecule has 2 nitrogen and oxygen atoms in total. The molecule has 1 unspecified atom stereocenters. The van der Waals surface area contributed by atoms with Gasteiger partial charge in [-0.1, -0.05) is 144 Å². The van der Waals surface area contributed by atoms with Crippen molar-refractivity contribution >= 4 is 25.8 Å². The summed E-state index contributed by atoms with van der Waals surface area (Å²) in [6.07, 6.45) is 3.36. The molecular weight excluding hydrogens is 716 g/mol. The summed E-state index contributed by atoms with van der Waals surface area (Å²) in [7, 11) is 0.271. The molecule has 0 spiro atoms. The minimum absolute atomic E-state index is 0. The molecule has 1 aliphatic carbocycles. The third-order valence-corrected chi connectivity index (χ3v) is 8.21.